The van der Waals surface area contributed by atoms with Gasteiger partial charge in [0.05, 0.1) is 11.5 Å². The highest BCUT2D eigenvalue weighted by Gasteiger charge is 2.23. The molecular weight excluding hydrogens is 360 g/mol. The van der Waals surface area contributed by atoms with E-state index >= 15 is 0 Å². The summed E-state index contributed by atoms with van der Waals surface area (Å²) in [5.41, 5.74) is 1.15. The van der Waals surface area contributed by atoms with Crippen molar-refractivity contribution in [2.75, 3.05) is 31.1 Å². The Morgan fingerprint density at radius 2 is 1.82 bits per heavy atom. The van der Waals surface area contributed by atoms with Crippen molar-refractivity contribution >= 4 is 11.5 Å². The van der Waals surface area contributed by atoms with E-state index in [2.05, 4.69) is 24.9 Å². The van der Waals surface area contributed by atoms with E-state index in [0.717, 1.165) is 37.6 Å². The van der Waals surface area contributed by atoms with Crippen molar-refractivity contribution in [1.82, 2.24) is 20.0 Å². The molecule has 3 heterocycles. The minimum Gasteiger partial charge on any atom is -0.354 e. The number of pyridine rings is 1. The first-order valence-corrected chi connectivity index (χ1v) is 9.07. The molecule has 0 N–H and O–H groups in total. The normalized spacial score (nSPS) is 15.0. The van der Waals surface area contributed by atoms with Crippen molar-refractivity contribution in [3.63, 3.8) is 0 Å². The van der Waals surface area contributed by atoms with Gasteiger partial charge in [0.25, 0.3) is 5.69 Å². The Morgan fingerprint density at radius 3 is 2.46 bits per heavy atom. The lowest BCUT2D eigenvalue weighted by Gasteiger charge is -2.34. The van der Waals surface area contributed by atoms with Crippen molar-refractivity contribution in [2.24, 2.45) is 0 Å². The summed E-state index contributed by atoms with van der Waals surface area (Å²) in [5, 5.41) is 15.2. The van der Waals surface area contributed by atoms with E-state index in [-0.39, 0.29) is 10.6 Å². The van der Waals surface area contributed by atoms with Gasteiger partial charge in [0.15, 0.2) is 11.5 Å². The molecule has 0 aliphatic carbocycles. The molecule has 1 saturated heterocycles. The lowest BCUT2D eigenvalue weighted by Crippen LogP contribution is -2.46. The first-order chi connectivity index (χ1) is 13.6. The highest BCUT2D eigenvalue weighted by molar-refractivity contribution is 5.71. The average molecular weight is 380 g/mol. The van der Waals surface area contributed by atoms with E-state index in [1.165, 1.54) is 6.07 Å². The van der Waals surface area contributed by atoms with Crippen LogP contribution < -0.4 is 4.90 Å². The van der Waals surface area contributed by atoms with E-state index in [1.807, 2.05) is 30.3 Å². The summed E-state index contributed by atoms with van der Waals surface area (Å²) in [7, 11) is 0. The molecule has 1 aliphatic rings. The van der Waals surface area contributed by atoms with E-state index < -0.39 is 0 Å². The smallest absolute Gasteiger partial charge is 0.295 e. The first kappa shape index (κ1) is 18.1. The lowest BCUT2D eigenvalue weighted by molar-refractivity contribution is -0.384. The Bertz CT molecular complexity index is 967. The molecule has 0 unspecified atom stereocenters. The second kappa shape index (κ2) is 7.73. The third kappa shape index (κ3) is 3.84. The van der Waals surface area contributed by atoms with Crippen molar-refractivity contribution in [2.45, 2.75) is 13.5 Å². The Labute approximate surface area is 161 Å². The van der Waals surface area contributed by atoms with Crippen LogP contribution in [0, 0.1) is 17.0 Å². The van der Waals surface area contributed by atoms with E-state index in [9.17, 15) is 10.1 Å². The second-order valence-corrected chi connectivity index (χ2v) is 6.66. The molecule has 0 bridgehead atoms. The van der Waals surface area contributed by atoms with Gasteiger partial charge in [-0.25, -0.2) is 4.98 Å². The van der Waals surface area contributed by atoms with Gasteiger partial charge in [-0.3, -0.25) is 15.0 Å². The van der Waals surface area contributed by atoms with Crippen LogP contribution in [0.5, 0.6) is 0 Å². The van der Waals surface area contributed by atoms with Gasteiger partial charge < -0.3 is 9.42 Å². The molecule has 144 valence electrons. The molecule has 9 nitrogen and oxygen atoms in total. The largest absolute Gasteiger partial charge is 0.354 e. The number of hydrogen-bond donors (Lipinski definition) is 0. The highest BCUT2D eigenvalue weighted by Crippen LogP contribution is 2.30. The molecule has 0 saturated carbocycles. The van der Waals surface area contributed by atoms with Gasteiger partial charge in [-0.15, -0.1) is 0 Å². The molecule has 1 fully saturated rings. The zero-order valence-corrected chi connectivity index (χ0v) is 15.5. The molecular formula is C19H20N6O3. The average Bonchev–Trinajstić information content (AvgIpc) is 3.13. The molecule has 0 atom stereocenters. The summed E-state index contributed by atoms with van der Waals surface area (Å²) in [6.07, 6.45) is 0. The molecule has 0 spiro atoms. The summed E-state index contributed by atoms with van der Waals surface area (Å²) in [6.45, 7) is 5.60. The zero-order valence-electron chi connectivity index (χ0n) is 15.5. The van der Waals surface area contributed by atoms with Crippen LogP contribution in [0.15, 0.2) is 47.0 Å². The van der Waals surface area contributed by atoms with Crippen LogP contribution in [0.3, 0.4) is 0 Å². The monoisotopic (exact) mass is 380 g/mol. The molecule has 0 amide bonds. The number of piperazine rings is 1. The fourth-order valence-electron chi connectivity index (χ4n) is 3.30. The van der Waals surface area contributed by atoms with Gasteiger partial charge in [-0.05, 0) is 13.0 Å². The fraction of sp³-hybridized carbons (Fsp3) is 0.316. The predicted molar refractivity (Wildman–Crippen MR) is 103 cm³/mol. The molecule has 9 heteroatoms. The number of aryl methyl sites for hydroxylation is 1. The lowest BCUT2D eigenvalue weighted by atomic mass is 10.1. The van der Waals surface area contributed by atoms with Gasteiger partial charge >= 0.3 is 0 Å². The number of nitro groups is 1. The first-order valence-electron chi connectivity index (χ1n) is 9.07. The number of hydrogen-bond acceptors (Lipinski definition) is 8. The van der Waals surface area contributed by atoms with Crippen LogP contribution >= 0.6 is 0 Å². The van der Waals surface area contributed by atoms with Crippen molar-refractivity contribution in [3.05, 3.63) is 64.3 Å². The number of aromatic nitrogens is 3. The van der Waals surface area contributed by atoms with Crippen molar-refractivity contribution in [1.29, 1.82) is 0 Å². The Morgan fingerprint density at radius 1 is 1.07 bits per heavy atom. The second-order valence-electron chi connectivity index (χ2n) is 6.66. The maximum Gasteiger partial charge on any atom is 0.295 e. The van der Waals surface area contributed by atoms with Gasteiger partial charge in [0, 0.05) is 37.8 Å². The number of benzene rings is 1. The topological polar surface area (TPSA) is 101 Å². The molecule has 28 heavy (non-hydrogen) atoms. The van der Waals surface area contributed by atoms with Gasteiger partial charge in [-0.1, -0.05) is 35.5 Å². The van der Waals surface area contributed by atoms with E-state index in [4.69, 9.17) is 4.52 Å². The van der Waals surface area contributed by atoms with Crippen molar-refractivity contribution < 1.29 is 9.45 Å². The van der Waals surface area contributed by atoms with Crippen LogP contribution in [0.1, 0.15) is 11.7 Å². The van der Waals surface area contributed by atoms with Gasteiger partial charge in [0.1, 0.15) is 5.82 Å². The Hall–Kier alpha value is -3.33. The number of nitrogens with zero attached hydrogens (tertiary/aromatic N) is 6. The maximum absolute atomic E-state index is 11.4. The Kier molecular flexibility index (Phi) is 4.98. The SMILES string of the molecule is Cc1noc(CN2CCN(c3ccc([N+](=O)[O-])c(-c4ccccc4)n3)CC2)n1. The number of rotatable bonds is 5. The fourth-order valence-corrected chi connectivity index (χ4v) is 3.30. The van der Waals surface area contributed by atoms with Crippen molar-refractivity contribution in [3.8, 4) is 11.3 Å². The minimum absolute atomic E-state index is 0.0142. The minimum atomic E-state index is -0.385. The summed E-state index contributed by atoms with van der Waals surface area (Å²) >= 11 is 0. The summed E-state index contributed by atoms with van der Waals surface area (Å²) in [6, 6.07) is 12.5. The third-order valence-electron chi connectivity index (χ3n) is 4.73. The summed E-state index contributed by atoms with van der Waals surface area (Å²) in [4.78, 5) is 24.3. The van der Waals surface area contributed by atoms with Crippen LogP contribution in [-0.4, -0.2) is 51.1 Å². The van der Waals surface area contributed by atoms with Crippen LogP contribution in [0.4, 0.5) is 11.5 Å². The maximum atomic E-state index is 11.4. The quantitative estimate of drug-likeness (QED) is 0.492. The van der Waals surface area contributed by atoms with E-state index in [1.54, 1.807) is 13.0 Å². The van der Waals surface area contributed by atoms with E-state index in [0.29, 0.717) is 24.0 Å². The standard InChI is InChI=1S/C19H20N6O3/c1-14-20-18(28-22-14)13-23-9-11-24(12-10-23)17-8-7-16(25(26)27)19(21-17)15-5-3-2-4-6-15/h2-8H,9-13H2,1H3. The van der Waals surface area contributed by atoms with Crippen LogP contribution in [-0.2, 0) is 6.54 Å². The molecule has 1 aliphatic heterocycles. The summed E-state index contributed by atoms with van der Waals surface area (Å²) in [5.74, 6) is 2.00. The highest BCUT2D eigenvalue weighted by atomic mass is 16.6. The third-order valence-corrected chi connectivity index (χ3v) is 4.73. The molecule has 4 rings (SSSR count). The Balaban J connectivity index is 1.50. The predicted octanol–water partition coefficient (Wildman–Crippen LogP) is 2.67. The zero-order chi connectivity index (χ0) is 19.5. The van der Waals surface area contributed by atoms with Gasteiger partial charge in [-0.2, -0.15) is 4.98 Å². The molecule has 2 aromatic heterocycles. The summed E-state index contributed by atoms with van der Waals surface area (Å²) < 4.78 is 5.19. The molecule has 1 aromatic carbocycles. The van der Waals surface area contributed by atoms with Crippen LogP contribution in [0.25, 0.3) is 11.3 Å². The molecule has 3 aromatic rings. The number of anilines is 1. The van der Waals surface area contributed by atoms with Gasteiger partial charge in [0.2, 0.25) is 5.89 Å². The molecule has 0 radical (unpaired) electrons. The van der Waals surface area contributed by atoms with Crippen LogP contribution in [0.2, 0.25) is 0 Å².